The van der Waals surface area contributed by atoms with Crippen LogP contribution in [0, 0.1) is 0 Å². The van der Waals surface area contributed by atoms with Crippen molar-refractivity contribution in [3.05, 3.63) is 24.3 Å². The number of nitrogens with one attached hydrogen (secondary N) is 3. The fourth-order valence-electron chi connectivity index (χ4n) is 2.10. The Morgan fingerprint density at radius 2 is 2.00 bits per heavy atom. The van der Waals surface area contributed by atoms with Crippen LogP contribution in [0.15, 0.2) is 29.2 Å². The number of anilines is 1. The maximum absolute atomic E-state index is 11.8. The monoisotopic (exact) mass is 297 g/mol. The Morgan fingerprint density at radius 1 is 1.30 bits per heavy atom. The second-order valence-electron chi connectivity index (χ2n) is 4.71. The van der Waals surface area contributed by atoms with E-state index in [-0.39, 0.29) is 16.8 Å². The van der Waals surface area contributed by atoms with Gasteiger partial charge in [0.2, 0.25) is 15.9 Å². The van der Waals surface area contributed by atoms with Crippen molar-refractivity contribution >= 4 is 21.6 Å². The number of benzene rings is 1. The summed E-state index contributed by atoms with van der Waals surface area (Å²) >= 11 is 0. The van der Waals surface area contributed by atoms with Gasteiger partial charge in [-0.05, 0) is 30.7 Å². The number of carbonyl (C=O) groups excluding carboxylic acids is 1. The number of amides is 1. The van der Waals surface area contributed by atoms with Crippen molar-refractivity contribution in [3.8, 4) is 0 Å². The second kappa shape index (κ2) is 6.23. The van der Waals surface area contributed by atoms with Crippen LogP contribution in [0.5, 0.6) is 0 Å². The zero-order chi connectivity index (χ0) is 14.6. The molecule has 1 heterocycles. The van der Waals surface area contributed by atoms with Gasteiger partial charge < -0.3 is 10.6 Å². The highest BCUT2D eigenvalue weighted by molar-refractivity contribution is 7.89. The Balaban J connectivity index is 2.00. The van der Waals surface area contributed by atoms with Crippen LogP contribution in [0.1, 0.15) is 19.8 Å². The van der Waals surface area contributed by atoms with Gasteiger partial charge in [0.1, 0.15) is 0 Å². The molecule has 1 unspecified atom stereocenters. The van der Waals surface area contributed by atoms with Gasteiger partial charge in [-0.25, -0.2) is 13.1 Å². The molecular weight excluding hydrogens is 278 g/mol. The Labute approximate surface area is 119 Å². The molecule has 1 saturated heterocycles. The average molecular weight is 297 g/mol. The summed E-state index contributed by atoms with van der Waals surface area (Å²) in [5.74, 6) is 0.0788. The molecule has 0 aliphatic carbocycles. The Kier molecular flexibility index (Phi) is 4.61. The van der Waals surface area contributed by atoms with Crippen LogP contribution < -0.4 is 15.4 Å². The topological polar surface area (TPSA) is 87.3 Å². The maximum Gasteiger partial charge on any atom is 0.240 e. The molecule has 1 aromatic rings. The molecule has 20 heavy (non-hydrogen) atoms. The van der Waals surface area contributed by atoms with Crippen molar-refractivity contribution in [2.75, 3.05) is 18.4 Å². The summed E-state index contributed by atoms with van der Waals surface area (Å²) in [4.78, 5) is 11.3. The van der Waals surface area contributed by atoms with Gasteiger partial charge >= 0.3 is 0 Å². The highest BCUT2D eigenvalue weighted by Gasteiger charge is 2.18. The van der Waals surface area contributed by atoms with Crippen molar-refractivity contribution in [2.45, 2.75) is 30.7 Å². The van der Waals surface area contributed by atoms with Crippen LogP contribution in [-0.4, -0.2) is 33.5 Å². The Hall–Kier alpha value is -1.60. The molecule has 6 nitrogen and oxygen atoms in total. The van der Waals surface area contributed by atoms with E-state index in [1.807, 2.05) is 0 Å². The molecule has 0 radical (unpaired) electrons. The molecule has 1 amide bonds. The molecule has 3 N–H and O–H groups in total. The van der Waals surface area contributed by atoms with Crippen LogP contribution >= 0.6 is 0 Å². The molecule has 1 aliphatic rings. The fraction of sp³-hybridized carbons (Fsp3) is 0.462. The predicted molar refractivity (Wildman–Crippen MR) is 77.0 cm³/mol. The van der Waals surface area contributed by atoms with E-state index in [2.05, 4.69) is 15.4 Å². The molecule has 1 aromatic carbocycles. The summed E-state index contributed by atoms with van der Waals surface area (Å²) in [5, 5.41) is 6.08. The van der Waals surface area contributed by atoms with Gasteiger partial charge in [0, 0.05) is 31.2 Å². The van der Waals surface area contributed by atoms with Crippen LogP contribution in [0.3, 0.4) is 0 Å². The van der Waals surface area contributed by atoms with E-state index in [1.54, 1.807) is 31.2 Å². The zero-order valence-electron chi connectivity index (χ0n) is 11.3. The maximum atomic E-state index is 11.8. The third-order valence-corrected chi connectivity index (χ3v) is 4.70. The molecule has 0 bridgehead atoms. The largest absolute Gasteiger partial charge is 0.381 e. The van der Waals surface area contributed by atoms with Crippen molar-refractivity contribution in [2.24, 2.45) is 0 Å². The van der Waals surface area contributed by atoms with Gasteiger partial charge in [-0.1, -0.05) is 6.92 Å². The molecule has 7 heteroatoms. The molecule has 0 saturated carbocycles. The third-order valence-electron chi connectivity index (χ3n) is 3.14. The lowest BCUT2D eigenvalue weighted by molar-refractivity contribution is -0.122. The minimum Gasteiger partial charge on any atom is -0.381 e. The molecule has 2 rings (SSSR count). The summed E-state index contributed by atoms with van der Waals surface area (Å²) in [6.45, 7) is 2.70. The minimum absolute atomic E-state index is 0.0788. The quantitative estimate of drug-likeness (QED) is 0.745. The lowest BCUT2D eigenvalue weighted by Gasteiger charge is -2.24. The number of sulfonamides is 1. The average Bonchev–Trinajstić information content (AvgIpc) is 2.42. The van der Waals surface area contributed by atoms with E-state index >= 15 is 0 Å². The van der Waals surface area contributed by atoms with E-state index in [0.717, 1.165) is 12.1 Å². The SMILES string of the molecule is CCNS(=O)(=O)c1ccc(NC2CCC(=O)NC2)cc1. The molecular formula is C13H19N3O3S. The molecule has 1 aliphatic heterocycles. The Bertz CT molecular complexity index is 559. The van der Waals surface area contributed by atoms with Gasteiger partial charge in [0.15, 0.2) is 0 Å². The van der Waals surface area contributed by atoms with Gasteiger partial charge in [-0.3, -0.25) is 4.79 Å². The summed E-state index contributed by atoms with van der Waals surface area (Å²) in [6, 6.07) is 6.80. The van der Waals surface area contributed by atoms with Crippen molar-refractivity contribution in [1.82, 2.24) is 10.0 Å². The first-order valence-electron chi connectivity index (χ1n) is 6.64. The predicted octanol–water partition coefficient (Wildman–Crippen LogP) is 0.675. The summed E-state index contributed by atoms with van der Waals surface area (Å²) in [6.07, 6.45) is 1.30. The van der Waals surface area contributed by atoms with Crippen LogP contribution in [0.2, 0.25) is 0 Å². The minimum atomic E-state index is -3.40. The van der Waals surface area contributed by atoms with Gasteiger partial charge in [-0.15, -0.1) is 0 Å². The number of rotatable bonds is 5. The van der Waals surface area contributed by atoms with E-state index < -0.39 is 10.0 Å². The van der Waals surface area contributed by atoms with Gasteiger partial charge in [0.25, 0.3) is 0 Å². The summed E-state index contributed by atoms with van der Waals surface area (Å²) in [5.41, 5.74) is 0.849. The molecule has 0 aromatic heterocycles. The van der Waals surface area contributed by atoms with Gasteiger partial charge in [0.05, 0.1) is 4.90 Å². The molecule has 110 valence electrons. The van der Waals surface area contributed by atoms with E-state index in [9.17, 15) is 13.2 Å². The fourth-order valence-corrected chi connectivity index (χ4v) is 3.14. The van der Waals surface area contributed by atoms with Crippen molar-refractivity contribution in [1.29, 1.82) is 0 Å². The standard InChI is InChI=1S/C13H19N3O3S/c1-2-15-20(18,19)12-6-3-10(4-7-12)16-11-5-8-13(17)14-9-11/h3-4,6-7,11,15-16H,2,5,8-9H2,1H3,(H,14,17). The van der Waals surface area contributed by atoms with Gasteiger partial charge in [-0.2, -0.15) is 0 Å². The number of carbonyl (C=O) groups is 1. The second-order valence-corrected chi connectivity index (χ2v) is 6.48. The smallest absolute Gasteiger partial charge is 0.240 e. The van der Waals surface area contributed by atoms with Crippen LogP contribution in [0.4, 0.5) is 5.69 Å². The first-order chi connectivity index (χ1) is 9.51. The van der Waals surface area contributed by atoms with E-state index in [0.29, 0.717) is 19.5 Å². The highest BCUT2D eigenvalue weighted by Crippen LogP contribution is 2.16. The van der Waals surface area contributed by atoms with E-state index in [4.69, 9.17) is 0 Å². The van der Waals surface area contributed by atoms with Crippen molar-refractivity contribution in [3.63, 3.8) is 0 Å². The summed E-state index contributed by atoms with van der Waals surface area (Å²) in [7, 11) is -3.40. The Morgan fingerprint density at radius 3 is 2.55 bits per heavy atom. The third kappa shape index (κ3) is 3.71. The molecule has 1 atom stereocenters. The highest BCUT2D eigenvalue weighted by atomic mass is 32.2. The first kappa shape index (κ1) is 14.8. The number of hydrogen-bond donors (Lipinski definition) is 3. The van der Waals surface area contributed by atoms with Crippen LogP contribution in [-0.2, 0) is 14.8 Å². The lowest BCUT2D eigenvalue weighted by atomic mass is 10.1. The lowest BCUT2D eigenvalue weighted by Crippen LogP contribution is -2.41. The van der Waals surface area contributed by atoms with Crippen LogP contribution in [0.25, 0.3) is 0 Å². The zero-order valence-corrected chi connectivity index (χ0v) is 12.2. The van der Waals surface area contributed by atoms with Crippen molar-refractivity contribution < 1.29 is 13.2 Å². The van der Waals surface area contributed by atoms with E-state index in [1.165, 1.54) is 0 Å². The molecule has 1 fully saturated rings. The normalized spacial score (nSPS) is 19.4. The number of piperidine rings is 1. The first-order valence-corrected chi connectivity index (χ1v) is 8.12. The summed E-state index contributed by atoms with van der Waals surface area (Å²) < 4.78 is 26.0. The molecule has 0 spiro atoms. The number of hydrogen-bond acceptors (Lipinski definition) is 4.